The van der Waals surface area contributed by atoms with Gasteiger partial charge in [0.25, 0.3) is 0 Å². The molecule has 2 rings (SSSR count). The van der Waals surface area contributed by atoms with Gasteiger partial charge in [-0.1, -0.05) is 0 Å². The summed E-state index contributed by atoms with van der Waals surface area (Å²) in [5, 5.41) is 9.19. The summed E-state index contributed by atoms with van der Waals surface area (Å²) in [6, 6.07) is 8.13. The Kier molecular flexibility index (Phi) is 2.59. The zero-order valence-corrected chi connectivity index (χ0v) is 8.19. The first-order chi connectivity index (χ1) is 6.81. The van der Waals surface area contributed by atoms with Crippen molar-refractivity contribution in [2.24, 2.45) is 0 Å². The molecule has 1 aliphatic heterocycles. The van der Waals surface area contributed by atoms with Crippen LogP contribution in [0, 0.1) is 0 Å². The van der Waals surface area contributed by atoms with Gasteiger partial charge in [-0.15, -0.1) is 0 Å². The molecule has 3 nitrogen and oxygen atoms in total. The second-order valence-electron chi connectivity index (χ2n) is 3.76. The van der Waals surface area contributed by atoms with Crippen molar-refractivity contribution in [3.8, 4) is 0 Å². The molecular formula is C11H16N2O. The lowest BCUT2D eigenvalue weighted by molar-refractivity contribution is 0.266. The lowest BCUT2D eigenvalue weighted by atomic mass is 10.2. The SMILES string of the molecule is Nc1ccc(N2CCC[C@H]2CO)cc1. The Labute approximate surface area is 84.1 Å². The molecule has 3 N–H and O–H groups in total. The highest BCUT2D eigenvalue weighted by Crippen LogP contribution is 2.25. The van der Waals surface area contributed by atoms with E-state index in [-0.39, 0.29) is 6.61 Å². The summed E-state index contributed by atoms with van der Waals surface area (Å²) < 4.78 is 0. The molecular weight excluding hydrogens is 176 g/mol. The van der Waals surface area contributed by atoms with Crippen molar-refractivity contribution in [1.82, 2.24) is 0 Å². The standard InChI is InChI=1S/C11H16N2O/c12-9-3-5-10(6-4-9)13-7-1-2-11(13)8-14/h3-6,11,14H,1-2,7-8,12H2/t11-/m0/s1. The number of aliphatic hydroxyl groups is 1. The number of nitrogen functional groups attached to an aromatic ring is 1. The highest BCUT2D eigenvalue weighted by atomic mass is 16.3. The van der Waals surface area contributed by atoms with Gasteiger partial charge in [0.05, 0.1) is 12.6 Å². The molecule has 1 heterocycles. The summed E-state index contributed by atoms with van der Waals surface area (Å²) >= 11 is 0. The lowest BCUT2D eigenvalue weighted by Gasteiger charge is -2.25. The normalized spacial score (nSPS) is 21.5. The minimum atomic E-state index is 0.240. The van der Waals surface area contributed by atoms with Crippen LogP contribution in [-0.4, -0.2) is 24.3 Å². The number of hydrogen-bond acceptors (Lipinski definition) is 3. The minimum Gasteiger partial charge on any atom is -0.399 e. The van der Waals surface area contributed by atoms with Gasteiger partial charge in [-0.3, -0.25) is 0 Å². The number of nitrogens with zero attached hydrogens (tertiary/aromatic N) is 1. The predicted molar refractivity (Wildman–Crippen MR) is 58.3 cm³/mol. The second-order valence-corrected chi connectivity index (χ2v) is 3.76. The quantitative estimate of drug-likeness (QED) is 0.693. The van der Waals surface area contributed by atoms with Gasteiger partial charge in [0.1, 0.15) is 0 Å². The van der Waals surface area contributed by atoms with Crippen LogP contribution in [0.15, 0.2) is 24.3 Å². The Morgan fingerprint density at radius 3 is 2.71 bits per heavy atom. The molecule has 1 saturated heterocycles. The minimum absolute atomic E-state index is 0.240. The van der Waals surface area contributed by atoms with Crippen LogP contribution in [0.1, 0.15) is 12.8 Å². The van der Waals surface area contributed by atoms with E-state index in [0.29, 0.717) is 6.04 Å². The summed E-state index contributed by atoms with van der Waals surface area (Å²) in [5.74, 6) is 0. The van der Waals surface area contributed by atoms with E-state index in [1.165, 1.54) is 0 Å². The Hall–Kier alpha value is -1.22. The topological polar surface area (TPSA) is 49.5 Å². The molecule has 14 heavy (non-hydrogen) atoms. The zero-order chi connectivity index (χ0) is 9.97. The van der Waals surface area contributed by atoms with Gasteiger partial charge >= 0.3 is 0 Å². The molecule has 1 fully saturated rings. The fourth-order valence-electron chi connectivity index (χ4n) is 2.03. The van der Waals surface area contributed by atoms with E-state index in [4.69, 9.17) is 5.73 Å². The Bertz CT molecular complexity index is 297. The van der Waals surface area contributed by atoms with Crippen LogP contribution in [0.5, 0.6) is 0 Å². The summed E-state index contributed by atoms with van der Waals surface area (Å²) in [6.45, 7) is 1.28. The van der Waals surface area contributed by atoms with E-state index in [2.05, 4.69) is 4.90 Å². The first kappa shape index (κ1) is 9.34. The smallest absolute Gasteiger partial charge is 0.0635 e. The van der Waals surface area contributed by atoms with Gasteiger partial charge in [0, 0.05) is 17.9 Å². The van der Waals surface area contributed by atoms with Gasteiger partial charge in [-0.25, -0.2) is 0 Å². The molecule has 1 atom stereocenters. The highest BCUT2D eigenvalue weighted by Gasteiger charge is 2.23. The molecule has 0 bridgehead atoms. The maximum absolute atomic E-state index is 9.19. The largest absolute Gasteiger partial charge is 0.399 e. The van der Waals surface area contributed by atoms with Crippen molar-refractivity contribution in [2.45, 2.75) is 18.9 Å². The highest BCUT2D eigenvalue weighted by molar-refractivity contribution is 5.54. The third-order valence-corrected chi connectivity index (χ3v) is 2.81. The van der Waals surface area contributed by atoms with E-state index in [9.17, 15) is 5.11 Å². The van der Waals surface area contributed by atoms with Gasteiger partial charge in [-0.2, -0.15) is 0 Å². The fraction of sp³-hybridized carbons (Fsp3) is 0.455. The molecule has 0 aliphatic carbocycles. The van der Waals surface area contributed by atoms with Crippen molar-refractivity contribution >= 4 is 11.4 Å². The van der Waals surface area contributed by atoms with E-state index in [0.717, 1.165) is 30.8 Å². The molecule has 1 aliphatic rings. The van der Waals surface area contributed by atoms with Crippen LogP contribution in [0.3, 0.4) is 0 Å². The van der Waals surface area contributed by atoms with E-state index in [1.807, 2.05) is 24.3 Å². The molecule has 0 radical (unpaired) electrons. The number of hydrogen-bond donors (Lipinski definition) is 2. The number of nitrogens with two attached hydrogens (primary N) is 1. The Morgan fingerprint density at radius 2 is 2.07 bits per heavy atom. The monoisotopic (exact) mass is 192 g/mol. The van der Waals surface area contributed by atoms with Crippen LogP contribution in [0.4, 0.5) is 11.4 Å². The lowest BCUT2D eigenvalue weighted by Crippen LogP contribution is -2.31. The fourth-order valence-corrected chi connectivity index (χ4v) is 2.03. The first-order valence-corrected chi connectivity index (χ1v) is 5.04. The van der Waals surface area contributed by atoms with Gasteiger partial charge in [-0.05, 0) is 37.1 Å². The van der Waals surface area contributed by atoms with E-state index < -0.39 is 0 Å². The number of benzene rings is 1. The molecule has 1 aromatic carbocycles. The average molecular weight is 192 g/mol. The van der Waals surface area contributed by atoms with Gasteiger partial charge in [0.2, 0.25) is 0 Å². The van der Waals surface area contributed by atoms with Crippen molar-refractivity contribution < 1.29 is 5.11 Å². The van der Waals surface area contributed by atoms with Crippen molar-refractivity contribution in [3.05, 3.63) is 24.3 Å². The van der Waals surface area contributed by atoms with Crippen LogP contribution in [-0.2, 0) is 0 Å². The van der Waals surface area contributed by atoms with Crippen LogP contribution >= 0.6 is 0 Å². The zero-order valence-electron chi connectivity index (χ0n) is 8.19. The molecule has 0 spiro atoms. The number of rotatable bonds is 2. The van der Waals surface area contributed by atoms with Gasteiger partial charge in [0.15, 0.2) is 0 Å². The maximum Gasteiger partial charge on any atom is 0.0635 e. The first-order valence-electron chi connectivity index (χ1n) is 5.04. The summed E-state index contributed by atoms with van der Waals surface area (Å²) in [5.41, 5.74) is 7.57. The summed E-state index contributed by atoms with van der Waals surface area (Å²) in [6.07, 6.45) is 2.25. The van der Waals surface area contributed by atoms with Crippen LogP contribution in [0.25, 0.3) is 0 Å². The number of aliphatic hydroxyl groups excluding tert-OH is 1. The maximum atomic E-state index is 9.19. The molecule has 0 aromatic heterocycles. The molecule has 0 amide bonds. The Morgan fingerprint density at radius 1 is 1.36 bits per heavy atom. The molecule has 0 unspecified atom stereocenters. The summed E-state index contributed by atoms with van der Waals surface area (Å²) in [4.78, 5) is 2.25. The van der Waals surface area contributed by atoms with Crippen molar-refractivity contribution in [3.63, 3.8) is 0 Å². The van der Waals surface area contributed by atoms with Crippen molar-refractivity contribution in [2.75, 3.05) is 23.8 Å². The molecule has 76 valence electrons. The van der Waals surface area contributed by atoms with E-state index in [1.54, 1.807) is 0 Å². The number of anilines is 2. The second kappa shape index (κ2) is 3.88. The third kappa shape index (κ3) is 1.68. The third-order valence-electron chi connectivity index (χ3n) is 2.81. The average Bonchev–Trinajstić information content (AvgIpc) is 2.67. The van der Waals surface area contributed by atoms with Gasteiger partial charge < -0.3 is 15.7 Å². The van der Waals surface area contributed by atoms with E-state index >= 15 is 0 Å². The van der Waals surface area contributed by atoms with Crippen LogP contribution in [0.2, 0.25) is 0 Å². The molecule has 3 heteroatoms. The van der Waals surface area contributed by atoms with Crippen molar-refractivity contribution in [1.29, 1.82) is 0 Å². The summed E-state index contributed by atoms with van der Waals surface area (Å²) in [7, 11) is 0. The molecule has 1 aromatic rings. The predicted octanol–water partition coefficient (Wildman–Crippen LogP) is 1.23. The van der Waals surface area contributed by atoms with Crippen LogP contribution < -0.4 is 10.6 Å². The Balaban J connectivity index is 2.17. The molecule has 0 saturated carbocycles.